The number of furan rings is 1. The Labute approximate surface area is 125 Å². The molecule has 2 amide bonds. The zero-order chi connectivity index (χ0) is 14.4. The largest absolute Gasteiger partial charge is 0.467 e. The summed E-state index contributed by atoms with van der Waals surface area (Å²) in [5.41, 5.74) is 0. The van der Waals surface area contributed by atoms with Gasteiger partial charge in [0, 0.05) is 12.1 Å². The molecule has 0 spiro atoms. The molecule has 4 nitrogen and oxygen atoms in total. The number of nitrogens with one attached hydrogen (secondary N) is 1. The van der Waals surface area contributed by atoms with Gasteiger partial charge >= 0.3 is 6.03 Å². The lowest BCUT2D eigenvalue weighted by Crippen LogP contribution is -2.48. The van der Waals surface area contributed by atoms with Gasteiger partial charge in [-0.05, 0) is 69.4 Å². The Morgan fingerprint density at radius 1 is 1.24 bits per heavy atom. The maximum absolute atomic E-state index is 12.8. The van der Waals surface area contributed by atoms with Crippen LogP contribution in [0.1, 0.15) is 57.3 Å². The average molecular weight is 288 g/mol. The molecule has 4 rings (SSSR count). The molecular weight excluding hydrogens is 264 g/mol. The lowest BCUT2D eigenvalue weighted by Gasteiger charge is -2.30. The summed E-state index contributed by atoms with van der Waals surface area (Å²) in [7, 11) is 0. The van der Waals surface area contributed by atoms with Crippen molar-refractivity contribution in [3.63, 3.8) is 0 Å². The smallest absolute Gasteiger partial charge is 0.318 e. The molecule has 1 N–H and O–H groups in total. The van der Waals surface area contributed by atoms with Crippen molar-refractivity contribution in [3.05, 3.63) is 24.2 Å². The molecule has 0 saturated heterocycles. The van der Waals surface area contributed by atoms with E-state index in [1.807, 2.05) is 17.0 Å². The molecule has 0 unspecified atom stereocenters. The Hall–Kier alpha value is -1.45. The molecule has 1 aromatic rings. The highest BCUT2D eigenvalue weighted by Gasteiger charge is 2.44. The molecule has 1 heterocycles. The summed E-state index contributed by atoms with van der Waals surface area (Å²) in [5, 5.41) is 3.35. The van der Waals surface area contributed by atoms with Gasteiger partial charge in [0.2, 0.25) is 0 Å². The fourth-order valence-corrected chi connectivity index (χ4v) is 3.43. The second kappa shape index (κ2) is 5.08. The van der Waals surface area contributed by atoms with Crippen LogP contribution in [0.15, 0.2) is 22.8 Å². The third-order valence-electron chi connectivity index (χ3n) is 5.10. The SMILES string of the molecule is C[C@H](c1ccco1)N(C(=O)NC(C1CC1)C1CC1)C1CC1. The molecular formula is C17H24N2O2. The summed E-state index contributed by atoms with van der Waals surface area (Å²) in [6.07, 6.45) is 9.09. The van der Waals surface area contributed by atoms with Crippen LogP contribution < -0.4 is 5.32 Å². The summed E-state index contributed by atoms with van der Waals surface area (Å²) in [6, 6.07) is 4.81. The number of urea groups is 1. The van der Waals surface area contributed by atoms with E-state index in [9.17, 15) is 4.79 Å². The van der Waals surface area contributed by atoms with Gasteiger partial charge in [0.05, 0.1) is 12.3 Å². The van der Waals surface area contributed by atoms with Gasteiger partial charge in [-0.15, -0.1) is 0 Å². The van der Waals surface area contributed by atoms with Crippen molar-refractivity contribution in [2.24, 2.45) is 11.8 Å². The quantitative estimate of drug-likeness (QED) is 0.867. The molecule has 0 aliphatic heterocycles. The van der Waals surface area contributed by atoms with Crippen LogP contribution in [0.5, 0.6) is 0 Å². The highest BCUT2D eigenvalue weighted by molar-refractivity contribution is 5.76. The van der Waals surface area contributed by atoms with Crippen molar-refractivity contribution < 1.29 is 9.21 Å². The number of rotatable bonds is 6. The second-order valence-corrected chi connectivity index (χ2v) is 6.98. The van der Waals surface area contributed by atoms with E-state index in [0.29, 0.717) is 12.1 Å². The number of carbonyl (C=O) groups excluding carboxylic acids is 1. The first kappa shape index (κ1) is 13.2. The Morgan fingerprint density at radius 3 is 2.38 bits per heavy atom. The van der Waals surface area contributed by atoms with E-state index in [1.165, 1.54) is 25.7 Å². The van der Waals surface area contributed by atoms with Crippen molar-refractivity contribution in [2.75, 3.05) is 0 Å². The molecule has 3 fully saturated rings. The summed E-state index contributed by atoms with van der Waals surface area (Å²) in [5.74, 6) is 2.36. The summed E-state index contributed by atoms with van der Waals surface area (Å²) < 4.78 is 5.51. The van der Waals surface area contributed by atoms with Gasteiger partial charge in [-0.25, -0.2) is 4.79 Å². The zero-order valence-corrected chi connectivity index (χ0v) is 12.6. The minimum Gasteiger partial charge on any atom is -0.467 e. The third kappa shape index (κ3) is 2.81. The van der Waals surface area contributed by atoms with E-state index in [0.717, 1.165) is 30.4 Å². The lowest BCUT2D eigenvalue weighted by molar-refractivity contribution is 0.160. The van der Waals surface area contributed by atoms with Gasteiger partial charge in [0.15, 0.2) is 0 Å². The topological polar surface area (TPSA) is 45.5 Å². The first-order chi connectivity index (χ1) is 10.2. The Kier molecular flexibility index (Phi) is 3.20. The van der Waals surface area contributed by atoms with E-state index in [1.54, 1.807) is 6.26 Å². The van der Waals surface area contributed by atoms with E-state index in [4.69, 9.17) is 4.42 Å². The number of nitrogens with zero attached hydrogens (tertiary/aromatic N) is 1. The molecule has 3 aliphatic carbocycles. The zero-order valence-electron chi connectivity index (χ0n) is 12.6. The molecule has 1 atom stereocenters. The highest BCUT2D eigenvalue weighted by atomic mass is 16.3. The fourth-order valence-electron chi connectivity index (χ4n) is 3.43. The van der Waals surface area contributed by atoms with E-state index in [2.05, 4.69) is 12.2 Å². The predicted molar refractivity (Wildman–Crippen MR) is 79.8 cm³/mol. The van der Waals surface area contributed by atoms with E-state index in [-0.39, 0.29) is 12.1 Å². The Morgan fingerprint density at radius 2 is 1.90 bits per heavy atom. The standard InChI is InChI=1S/C17H24N2O2/c1-11(15-3-2-10-21-15)19(14-8-9-14)17(20)18-16(12-4-5-12)13-6-7-13/h2-3,10-14,16H,4-9H2,1H3,(H,18,20)/t11-/m1/s1. The van der Waals surface area contributed by atoms with Gasteiger partial charge in [0.1, 0.15) is 5.76 Å². The van der Waals surface area contributed by atoms with Crippen LogP contribution in [0, 0.1) is 11.8 Å². The first-order valence-corrected chi connectivity index (χ1v) is 8.36. The summed E-state index contributed by atoms with van der Waals surface area (Å²) in [6.45, 7) is 2.07. The van der Waals surface area contributed by atoms with E-state index < -0.39 is 0 Å². The molecule has 3 saturated carbocycles. The second-order valence-electron chi connectivity index (χ2n) is 6.98. The van der Waals surface area contributed by atoms with E-state index >= 15 is 0 Å². The predicted octanol–water partition coefficient (Wildman–Crippen LogP) is 3.70. The Balaban J connectivity index is 1.46. The minimum absolute atomic E-state index is 0.0200. The van der Waals surface area contributed by atoms with Crippen molar-refractivity contribution in [2.45, 2.75) is 63.6 Å². The van der Waals surface area contributed by atoms with Crippen LogP contribution in [0.25, 0.3) is 0 Å². The number of hydrogen-bond acceptors (Lipinski definition) is 2. The molecule has 114 valence electrons. The van der Waals surface area contributed by atoms with Crippen molar-refractivity contribution in [1.29, 1.82) is 0 Å². The molecule has 4 heteroatoms. The van der Waals surface area contributed by atoms with Crippen molar-refractivity contribution in [1.82, 2.24) is 10.2 Å². The van der Waals surface area contributed by atoms with Crippen molar-refractivity contribution in [3.8, 4) is 0 Å². The van der Waals surface area contributed by atoms with Gasteiger partial charge in [-0.1, -0.05) is 0 Å². The molecule has 0 radical (unpaired) electrons. The fraction of sp³-hybridized carbons (Fsp3) is 0.706. The van der Waals surface area contributed by atoms with Crippen LogP contribution in [0.3, 0.4) is 0 Å². The van der Waals surface area contributed by atoms with Crippen LogP contribution in [-0.2, 0) is 0 Å². The maximum Gasteiger partial charge on any atom is 0.318 e. The number of amides is 2. The van der Waals surface area contributed by atoms with Crippen LogP contribution in [0.2, 0.25) is 0 Å². The number of carbonyl (C=O) groups is 1. The van der Waals surface area contributed by atoms with Crippen LogP contribution in [0.4, 0.5) is 4.79 Å². The molecule has 0 aromatic carbocycles. The average Bonchev–Trinajstić information content (AvgIpc) is 3.29. The number of hydrogen-bond donors (Lipinski definition) is 1. The van der Waals surface area contributed by atoms with Gasteiger partial charge in [0.25, 0.3) is 0 Å². The summed E-state index contributed by atoms with van der Waals surface area (Å²) >= 11 is 0. The lowest BCUT2D eigenvalue weighted by atomic mass is 10.1. The molecule has 3 aliphatic rings. The van der Waals surface area contributed by atoms with Crippen LogP contribution in [-0.4, -0.2) is 23.0 Å². The van der Waals surface area contributed by atoms with Crippen molar-refractivity contribution >= 4 is 6.03 Å². The first-order valence-electron chi connectivity index (χ1n) is 8.36. The minimum atomic E-state index is 0.0200. The molecule has 21 heavy (non-hydrogen) atoms. The van der Waals surface area contributed by atoms with Crippen LogP contribution >= 0.6 is 0 Å². The monoisotopic (exact) mass is 288 g/mol. The normalized spacial score (nSPS) is 23.1. The maximum atomic E-state index is 12.8. The highest BCUT2D eigenvalue weighted by Crippen LogP contribution is 2.45. The summed E-state index contributed by atoms with van der Waals surface area (Å²) in [4.78, 5) is 14.8. The van der Waals surface area contributed by atoms with Gasteiger partial charge in [-0.3, -0.25) is 0 Å². The van der Waals surface area contributed by atoms with Gasteiger partial charge in [-0.2, -0.15) is 0 Å². The Bertz CT molecular complexity index is 489. The molecule has 0 bridgehead atoms. The van der Waals surface area contributed by atoms with Gasteiger partial charge < -0.3 is 14.6 Å². The molecule has 1 aromatic heterocycles. The third-order valence-corrected chi connectivity index (χ3v) is 5.10.